The van der Waals surface area contributed by atoms with Crippen LogP contribution in [-0.2, 0) is 19.4 Å². The summed E-state index contributed by atoms with van der Waals surface area (Å²) in [7, 11) is 0. The Balaban J connectivity index is 1.74. The van der Waals surface area contributed by atoms with E-state index in [1.165, 1.54) is 6.07 Å². The van der Waals surface area contributed by atoms with Crippen molar-refractivity contribution < 1.29 is 17.6 Å². The van der Waals surface area contributed by atoms with Crippen LogP contribution in [0.25, 0.3) is 44.1 Å². The van der Waals surface area contributed by atoms with Gasteiger partial charge in [0.2, 0.25) is 0 Å². The van der Waals surface area contributed by atoms with Gasteiger partial charge in [-0.2, -0.15) is 13.2 Å². The molecule has 0 bridgehead atoms. The fourth-order valence-electron chi connectivity index (χ4n) is 5.01. The summed E-state index contributed by atoms with van der Waals surface area (Å²) in [5.74, 6) is 0. The van der Waals surface area contributed by atoms with Gasteiger partial charge in [-0.05, 0) is 89.7 Å². The lowest BCUT2D eigenvalue weighted by molar-refractivity contribution is -0.137. The summed E-state index contributed by atoms with van der Waals surface area (Å²) in [4.78, 5) is 0. The molecule has 0 atom stereocenters. The van der Waals surface area contributed by atoms with Crippen molar-refractivity contribution in [1.82, 2.24) is 4.57 Å². The van der Waals surface area contributed by atoms with E-state index in [0.29, 0.717) is 23.2 Å². The Bertz CT molecular complexity index is 1620. The van der Waals surface area contributed by atoms with Crippen molar-refractivity contribution in [3.8, 4) is 22.3 Å². The Hall–Kier alpha value is -3.86. The van der Waals surface area contributed by atoms with E-state index in [0.717, 1.165) is 50.1 Å². The molecule has 5 rings (SSSR count). The molecule has 0 aliphatic rings. The molecule has 5 aromatic rings. The van der Waals surface area contributed by atoms with Crippen LogP contribution < -0.4 is 0 Å². The maximum Gasteiger partial charge on any atom is 0.416 e. The van der Waals surface area contributed by atoms with Crippen LogP contribution in [0.3, 0.4) is 0 Å². The van der Waals surface area contributed by atoms with Crippen LogP contribution in [0.4, 0.5) is 17.6 Å². The second-order valence-electron chi connectivity index (χ2n) is 9.29. The van der Waals surface area contributed by atoms with Crippen LogP contribution in [0.5, 0.6) is 0 Å². The van der Waals surface area contributed by atoms with Gasteiger partial charge in [0.1, 0.15) is 6.67 Å². The van der Waals surface area contributed by atoms with Gasteiger partial charge in [0.05, 0.1) is 5.56 Å². The molecule has 0 saturated carbocycles. The van der Waals surface area contributed by atoms with Gasteiger partial charge in [-0.25, -0.2) is 4.39 Å². The first-order chi connectivity index (χ1) is 17.2. The second kappa shape index (κ2) is 8.98. The number of aromatic nitrogens is 1. The summed E-state index contributed by atoms with van der Waals surface area (Å²) in [6.45, 7) is 7.57. The molecular formula is C31H25F4N. The summed E-state index contributed by atoms with van der Waals surface area (Å²) >= 11 is 0. The van der Waals surface area contributed by atoms with Crippen molar-refractivity contribution in [3.05, 3.63) is 108 Å². The van der Waals surface area contributed by atoms with E-state index in [1.807, 2.05) is 61.5 Å². The molecule has 0 radical (unpaired) electrons. The molecule has 182 valence electrons. The van der Waals surface area contributed by atoms with Crippen molar-refractivity contribution in [3.63, 3.8) is 0 Å². The van der Waals surface area contributed by atoms with Crippen LogP contribution in [-0.4, -0.2) is 4.57 Å². The molecule has 0 aliphatic heterocycles. The van der Waals surface area contributed by atoms with Gasteiger partial charge in [0.15, 0.2) is 0 Å². The Morgan fingerprint density at radius 1 is 0.722 bits per heavy atom. The number of rotatable bonds is 5. The van der Waals surface area contributed by atoms with Crippen molar-refractivity contribution in [2.75, 3.05) is 0 Å². The van der Waals surface area contributed by atoms with Gasteiger partial charge in [0, 0.05) is 28.4 Å². The zero-order chi connectivity index (χ0) is 25.6. The van der Waals surface area contributed by atoms with Crippen LogP contribution in [0, 0.1) is 13.8 Å². The number of allylic oxidation sites excluding steroid dienone is 1. The van der Waals surface area contributed by atoms with Crippen LogP contribution in [0.1, 0.15) is 22.3 Å². The Kier molecular flexibility index (Phi) is 5.95. The first kappa shape index (κ1) is 23.9. The fraction of sp³-hybridized carbons (Fsp3) is 0.161. The predicted molar refractivity (Wildman–Crippen MR) is 140 cm³/mol. The molecule has 1 heterocycles. The number of benzene rings is 4. The monoisotopic (exact) mass is 487 g/mol. The first-order valence-corrected chi connectivity index (χ1v) is 11.7. The zero-order valence-corrected chi connectivity index (χ0v) is 20.1. The standard InChI is InChI=1S/C31H25F4N/c1-4-9-36-29-7-5-22(24-11-19(2)10-21(14-24)18-32)16-27(29)28-17-23(6-8-30(28)36)25-12-20(3)13-26(15-25)31(33,34)35/h4-8,10-17H,1,9,18H2,2-3H3. The SMILES string of the molecule is C=CCn1c2ccc(-c3cc(C)cc(CF)c3)cc2c2cc(-c3cc(C)cc(C(F)(F)F)c3)ccc21. The molecule has 0 saturated heterocycles. The van der Waals surface area contributed by atoms with E-state index >= 15 is 0 Å². The van der Waals surface area contributed by atoms with Crippen molar-refractivity contribution in [1.29, 1.82) is 0 Å². The van der Waals surface area contributed by atoms with Crippen molar-refractivity contribution in [2.24, 2.45) is 0 Å². The third kappa shape index (κ3) is 4.30. The maximum absolute atomic E-state index is 13.5. The van der Waals surface area contributed by atoms with Gasteiger partial charge in [-0.3, -0.25) is 0 Å². The summed E-state index contributed by atoms with van der Waals surface area (Å²) in [6, 6.07) is 21.8. The summed E-state index contributed by atoms with van der Waals surface area (Å²) in [5.41, 5.74) is 6.62. The third-order valence-corrected chi connectivity index (χ3v) is 6.54. The van der Waals surface area contributed by atoms with E-state index in [9.17, 15) is 17.6 Å². The molecule has 0 spiro atoms. The molecule has 0 unspecified atom stereocenters. The largest absolute Gasteiger partial charge is 0.416 e. The predicted octanol–water partition coefficient (Wildman–Crippen LogP) is 9.42. The lowest BCUT2D eigenvalue weighted by Crippen LogP contribution is -2.05. The molecule has 1 nitrogen and oxygen atoms in total. The second-order valence-corrected chi connectivity index (χ2v) is 9.29. The quantitative estimate of drug-likeness (QED) is 0.172. The summed E-state index contributed by atoms with van der Waals surface area (Å²) in [5, 5.41) is 1.93. The molecule has 0 N–H and O–H groups in total. The molecule has 5 heteroatoms. The van der Waals surface area contributed by atoms with Gasteiger partial charge >= 0.3 is 6.18 Å². The average Bonchev–Trinajstić information content (AvgIpc) is 3.15. The van der Waals surface area contributed by atoms with Gasteiger partial charge in [-0.1, -0.05) is 42.0 Å². The maximum atomic E-state index is 13.5. The Morgan fingerprint density at radius 2 is 1.28 bits per heavy atom. The highest BCUT2D eigenvalue weighted by molar-refractivity contribution is 6.10. The number of hydrogen-bond donors (Lipinski definition) is 0. The zero-order valence-electron chi connectivity index (χ0n) is 20.1. The highest BCUT2D eigenvalue weighted by Crippen LogP contribution is 2.38. The lowest BCUT2D eigenvalue weighted by atomic mass is 9.97. The minimum Gasteiger partial charge on any atom is -0.337 e. The molecule has 36 heavy (non-hydrogen) atoms. The van der Waals surface area contributed by atoms with Gasteiger partial charge in [0.25, 0.3) is 0 Å². The third-order valence-electron chi connectivity index (χ3n) is 6.54. The van der Waals surface area contributed by atoms with E-state index in [-0.39, 0.29) is 0 Å². The number of nitrogens with zero attached hydrogens (tertiary/aromatic N) is 1. The van der Waals surface area contributed by atoms with Gasteiger partial charge in [-0.15, -0.1) is 6.58 Å². The summed E-state index contributed by atoms with van der Waals surface area (Å²) < 4.78 is 55.9. The number of aryl methyl sites for hydroxylation is 2. The van der Waals surface area contributed by atoms with Crippen LogP contribution in [0.2, 0.25) is 0 Å². The number of fused-ring (bicyclic) bond motifs is 3. The summed E-state index contributed by atoms with van der Waals surface area (Å²) in [6.07, 6.45) is -2.59. The Labute approximate surface area is 207 Å². The smallest absolute Gasteiger partial charge is 0.337 e. The minimum atomic E-state index is -4.41. The van der Waals surface area contributed by atoms with Gasteiger partial charge < -0.3 is 4.57 Å². The highest BCUT2D eigenvalue weighted by atomic mass is 19.4. The number of alkyl halides is 4. The molecule has 0 aliphatic carbocycles. The van der Waals surface area contributed by atoms with Crippen LogP contribution in [0.15, 0.2) is 85.5 Å². The average molecular weight is 488 g/mol. The van der Waals surface area contributed by atoms with E-state index < -0.39 is 18.4 Å². The lowest BCUT2D eigenvalue weighted by Gasteiger charge is -2.11. The van der Waals surface area contributed by atoms with E-state index in [2.05, 4.69) is 17.2 Å². The van der Waals surface area contributed by atoms with E-state index in [1.54, 1.807) is 13.0 Å². The fourth-order valence-corrected chi connectivity index (χ4v) is 5.01. The number of hydrogen-bond acceptors (Lipinski definition) is 0. The highest BCUT2D eigenvalue weighted by Gasteiger charge is 2.31. The van der Waals surface area contributed by atoms with Crippen molar-refractivity contribution >= 4 is 21.8 Å². The molecule has 0 fully saturated rings. The minimum absolute atomic E-state index is 0.524. The number of halogens is 4. The normalized spacial score (nSPS) is 11.9. The van der Waals surface area contributed by atoms with E-state index in [4.69, 9.17) is 0 Å². The molecular weight excluding hydrogens is 462 g/mol. The first-order valence-electron chi connectivity index (χ1n) is 11.7. The molecule has 4 aromatic carbocycles. The van der Waals surface area contributed by atoms with Crippen LogP contribution >= 0.6 is 0 Å². The molecule has 1 aromatic heterocycles. The van der Waals surface area contributed by atoms with Crippen molar-refractivity contribution in [2.45, 2.75) is 33.2 Å². The Morgan fingerprint density at radius 3 is 1.81 bits per heavy atom. The topological polar surface area (TPSA) is 4.93 Å². The molecule has 0 amide bonds.